The molecule has 23 heavy (non-hydrogen) atoms. The maximum atomic E-state index is 10.7. The number of carbonyl (C=O) groups is 2. The Morgan fingerprint density at radius 3 is 2.35 bits per heavy atom. The molecule has 126 valence electrons. The highest BCUT2D eigenvalue weighted by Crippen LogP contribution is 2.26. The molecule has 0 fully saturated rings. The van der Waals surface area contributed by atoms with Crippen LogP contribution in [0.1, 0.15) is 23.9 Å². The second-order valence-corrected chi connectivity index (χ2v) is 5.50. The Balaban J connectivity index is 0.000000322. The van der Waals surface area contributed by atoms with Gasteiger partial charge in [0, 0.05) is 6.42 Å². The number of para-hydroxylation sites is 1. The second kappa shape index (κ2) is 7.88. The number of primary amides is 1. The van der Waals surface area contributed by atoms with Gasteiger partial charge in [0.05, 0.1) is 16.3 Å². The van der Waals surface area contributed by atoms with Crippen molar-refractivity contribution >= 4 is 33.4 Å². The van der Waals surface area contributed by atoms with Gasteiger partial charge in [0.15, 0.2) is 0 Å². The van der Waals surface area contributed by atoms with Crippen molar-refractivity contribution in [2.75, 3.05) is 0 Å². The lowest BCUT2D eigenvalue weighted by atomic mass is 10.2. The topological polar surface area (TPSA) is 119 Å². The van der Waals surface area contributed by atoms with Gasteiger partial charge in [-0.2, -0.15) is 13.2 Å². The van der Waals surface area contributed by atoms with E-state index in [0.717, 1.165) is 15.2 Å². The van der Waals surface area contributed by atoms with E-state index < -0.39 is 12.1 Å². The Hall–Kier alpha value is -2.20. The predicted molar refractivity (Wildman–Crippen MR) is 78.7 cm³/mol. The molecule has 1 heterocycles. The van der Waals surface area contributed by atoms with Crippen molar-refractivity contribution in [1.82, 2.24) is 4.98 Å². The third-order valence-electron chi connectivity index (χ3n) is 2.57. The molecule has 0 aliphatic heterocycles. The van der Waals surface area contributed by atoms with E-state index in [-0.39, 0.29) is 11.9 Å². The predicted octanol–water partition coefficient (Wildman–Crippen LogP) is 2.19. The summed E-state index contributed by atoms with van der Waals surface area (Å²) in [7, 11) is 0. The number of aromatic nitrogens is 1. The van der Waals surface area contributed by atoms with Gasteiger partial charge in [0.25, 0.3) is 0 Å². The van der Waals surface area contributed by atoms with Gasteiger partial charge < -0.3 is 16.6 Å². The van der Waals surface area contributed by atoms with Crippen LogP contribution >= 0.6 is 11.3 Å². The third kappa shape index (κ3) is 6.20. The number of amides is 1. The summed E-state index contributed by atoms with van der Waals surface area (Å²) in [6, 6.07) is 7.68. The average molecular weight is 349 g/mol. The summed E-state index contributed by atoms with van der Waals surface area (Å²) in [5.74, 6) is -3.08. The maximum Gasteiger partial charge on any atom is 0.490 e. The summed E-state index contributed by atoms with van der Waals surface area (Å²) in [5.41, 5.74) is 12.0. The van der Waals surface area contributed by atoms with Crippen LogP contribution in [0.25, 0.3) is 10.2 Å². The Bertz CT molecular complexity index is 655. The normalized spacial score (nSPS) is 12.3. The van der Waals surface area contributed by atoms with E-state index in [2.05, 4.69) is 4.98 Å². The van der Waals surface area contributed by atoms with Crippen LogP contribution in [0.5, 0.6) is 0 Å². The number of hydrogen-bond acceptors (Lipinski definition) is 5. The first-order valence-corrected chi connectivity index (χ1v) is 7.12. The van der Waals surface area contributed by atoms with Crippen molar-refractivity contribution in [3.05, 3.63) is 29.3 Å². The Labute approximate surface area is 132 Å². The fraction of sp³-hybridized carbons (Fsp3) is 0.308. The van der Waals surface area contributed by atoms with Gasteiger partial charge in [-0.25, -0.2) is 9.78 Å². The van der Waals surface area contributed by atoms with E-state index in [9.17, 15) is 18.0 Å². The molecule has 0 saturated heterocycles. The van der Waals surface area contributed by atoms with Crippen molar-refractivity contribution in [2.24, 2.45) is 11.5 Å². The monoisotopic (exact) mass is 349 g/mol. The largest absolute Gasteiger partial charge is 0.490 e. The zero-order chi connectivity index (χ0) is 17.6. The van der Waals surface area contributed by atoms with Crippen LogP contribution in [0.15, 0.2) is 24.3 Å². The van der Waals surface area contributed by atoms with Crippen LogP contribution in [0, 0.1) is 0 Å². The number of benzene rings is 1. The Kier molecular flexibility index (Phi) is 6.46. The molecule has 1 aromatic carbocycles. The minimum Gasteiger partial charge on any atom is -0.475 e. The molecular formula is C13H14F3N3O3S. The molecule has 2 aromatic rings. The van der Waals surface area contributed by atoms with Crippen LogP contribution in [-0.4, -0.2) is 28.1 Å². The van der Waals surface area contributed by atoms with Crippen molar-refractivity contribution in [1.29, 1.82) is 0 Å². The molecule has 1 amide bonds. The molecule has 0 aliphatic carbocycles. The van der Waals surface area contributed by atoms with Gasteiger partial charge in [0.2, 0.25) is 5.91 Å². The highest BCUT2D eigenvalue weighted by Gasteiger charge is 2.38. The highest BCUT2D eigenvalue weighted by molar-refractivity contribution is 7.18. The van der Waals surface area contributed by atoms with Gasteiger partial charge in [-0.05, 0) is 18.6 Å². The van der Waals surface area contributed by atoms with E-state index in [0.29, 0.717) is 12.8 Å². The highest BCUT2D eigenvalue weighted by atomic mass is 32.1. The summed E-state index contributed by atoms with van der Waals surface area (Å²) in [6.07, 6.45) is -4.23. The van der Waals surface area contributed by atoms with Gasteiger partial charge in [-0.15, -0.1) is 11.3 Å². The third-order valence-corrected chi connectivity index (χ3v) is 3.74. The second-order valence-electron chi connectivity index (χ2n) is 4.43. The molecule has 5 N–H and O–H groups in total. The van der Waals surface area contributed by atoms with E-state index in [1.54, 1.807) is 11.3 Å². The van der Waals surface area contributed by atoms with Crippen LogP contribution in [0.4, 0.5) is 13.2 Å². The van der Waals surface area contributed by atoms with Crippen molar-refractivity contribution in [2.45, 2.75) is 25.1 Å². The number of halogens is 3. The molecule has 1 aromatic heterocycles. The fourth-order valence-electron chi connectivity index (χ4n) is 1.47. The molecule has 0 aliphatic rings. The Morgan fingerprint density at radius 1 is 1.30 bits per heavy atom. The molecule has 0 saturated carbocycles. The quantitative estimate of drug-likeness (QED) is 0.782. The molecule has 6 nitrogen and oxygen atoms in total. The van der Waals surface area contributed by atoms with E-state index in [1.165, 1.54) is 0 Å². The van der Waals surface area contributed by atoms with Crippen LogP contribution in [-0.2, 0) is 9.59 Å². The fourth-order valence-corrected chi connectivity index (χ4v) is 2.47. The maximum absolute atomic E-state index is 10.7. The number of rotatable bonds is 4. The van der Waals surface area contributed by atoms with Gasteiger partial charge in [-0.3, -0.25) is 4.79 Å². The lowest BCUT2D eigenvalue weighted by molar-refractivity contribution is -0.192. The van der Waals surface area contributed by atoms with Gasteiger partial charge in [0.1, 0.15) is 5.01 Å². The summed E-state index contributed by atoms with van der Waals surface area (Å²) in [4.78, 5) is 24.0. The first-order chi connectivity index (χ1) is 10.6. The van der Waals surface area contributed by atoms with Crippen molar-refractivity contribution < 1.29 is 27.9 Å². The number of carboxylic acid groups (broad SMARTS) is 1. The van der Waals surface area contributed by atoms with Gasteiger partial charge >= 0.3 is 12.1 Å². The smallest absolute Gasteiger partial charge is 0.475 e. The minimum absolute atomic E-state index is 0.204. The standard InChI is InChI=1S/C11H13N3OS.C2HF3O2/c12-7(5-6-10(13)15)11-14-8-3-1-2-4-9(8)16-11;3-2(4,5)1(6)7/h1-4,7H,5-6,12H2,(H2,13,15);(H,6,7)/t7-;/m0./s1. The number of hydrogen-bond donors (Lipinski definition) is 3. The molecule has 10 heteroatoms. The molecule has 0 radical (unpaired) electrons. The molecule has 0 unspecified atom stereocenters. The summed E-state index contributed by atoms with van der Waals surface area (Å²) < 4.78 is 32.9. The molecule has 1 atom stereocenters. The number of aliphatic carboxylic acids is 1. The lowest BCUT2D eigenvalue weighted by Crippen LogP contribution is -2.21. The lowest BCUT2D eigenvalue weighted by Gasteiger charge is -2.05. The number of carboxylic acids is 1. The number of nitrogens with two attached hydrogens (primary N) is 2. The van der Waals surface area contributed by atoms with E-state index in [1.807, 2.05) is 24.3 Å². The SMILES string of the molecule is NC(=O)CC[C@H](N)c1nc2ccccc2s1.O=C(O)C(F)(F)F. The number of alkyl halides is 3. The average Bonchev–Trinajstić information content (AvgIpc) is 2.88. The van der Waals surface area contributed by atoms with Crippen LogP contribution in [0.3, 0.4) is 0 Å². The zero-order valence-electron chi connectivity index (χ0n) is 11.7. The minimum atomic E-state index is -5.08. The van der Waals surface area contributed by atoms with Crippen molar-refractivity contribution in [3.63, 3.8) is 0 Å². The van der Waals surface area contributed by atoms with E-state index in [4.69, 9.17) is 21.4 Å². The van der Waals surface area contributed by atoms with Gasteiger partial charge in [-0.1, -0.05) is 12.1 Å². The zero-order valence-corrected chi connectivity index (χ0v) is 12.5. The number of thiazole rings is 1. The summed E-state index contributed by atoms with van der Waals surface area (Å²) in [6.45, 7) is 0. The summed E-state index contributed by atoms with van der Waals surface area (Å²) in [5, 5.41) is 7.99. The van der Waals surface area contributed by atoms with Crippen LogP contribution in [0.2, 0.25) is 0 Å². The number of fused-ring (bicyclic) bond motifs is 1. The number of nitrogens with zero attached hydrogens (tertiary/aromatic N) is 1. The Morgan fingerprint density at radius 2 is 1.87 bits per heavy atom. The summed E-state index contributed by atoms with van der Waals surface area (Å²) >= 11 is 1.57. The molecule has 0 bridgehead atoms. The first-order valence-electron chi connectivity index (χ1n) is 6.30. The molecule has 2 rings (SSSR count). The first kappa shape index (κ1) is 18.8. The molecular weight excluding hydrogens is 335 g/mol. The van der Waals surface area contributed by atoms with E-state index >= 15 is 0 Å². The van der Waals surface area contributed by atoms with Crippen LogP contribution < -0.4 is 11.5 Å². The number of carbonyl (C=O) groups excluding carboxylic acids is 1. The molecule has 0 spiro atoms. The van der Waals surface area contributed by atoms with Crippen molar-refractivity contribution in [3.8, 4) is 0 Å².